The molecular weight excluding hydrogens is 154 g/mol. The maximum atomic E-state index is 10.7. The Morgan fingerprint density at radius 2 is 2.40 bits per heavy atom. The number of nitroso groups, excluding NO2 is 1. The van der Waals surface area contributed by atoms with E-state index in [1.807, 2.05) is 0 Å². The molecule has 0 aromatic heterocycles. The molecule has 0 aliphatic rings. The molecule has 2 N–H and O–H groups in total. The Kier molecular flexibility index (Phi) is 4.87. The van der Waals surface area contributed by atoms with Crippen LogP contribution in [0.4, 0.5) is 0 Å². The number of carbonyl (C=O) groups excluding carboxylic acids is 1. The highest BCUT2D eigenvalue weighted by atomic mass is 32.1. The SMILES string of the molecule is CNC(CS)C(=O)NN=O. The predicted octanol–water partition coefficient (Wildman–Crippen LogP) is -0.698. The zero-order chi connectivity index (χ0) is 7.98. The van der Waals surface area contributed by atoms with Crippen LogP contribution in [0.25, 0.3) is 0 Å². The molecule has 0 aromatic rings. The van der Waals surface area contributed by atoms with Gasteiger partial charge in [-0.25, -0.2) is 5.43 Å². The Hall–Kier alpha value is -0.620. The number of carbonyl (C=O) groups is 1. The Morgan fingerprint density at radius 3 is 2.70 bits per heavy atom. The first kappa shape index (κ1) is 9.38. The summed E-state index contributed by atoms with van der Waals surface area (Å²) >= 11 is 3.86. The van der Waals surface area contributed by atoms with Crippen LogP contribution in [-0.4, -0.2) is 24.7 Å². The molecule has 5 nitrogen and oxygen atoms in total. The molecule has 0 aromatic carbocycles. The van der Waals surface area contributed by atoms with E-state index in [0.717, 1.165) is 0 Å². The molecule has 10 heavy (non-hydrogen) atoms. The fraction of sp³-hybridized carbons (Fsp3) is 0.750. The highest BCUT2D eigenvalue weighted by Gasteiger charge is 2.13. The minimum Gasteiger partial charge on any atom is -0.308 e. The summed E-state index contributed by atoms with van der Waals surface area (Å²) in [5, 5.41) is 4.88. The predicted molar refractivity (Wildman–Crippen MR) is 40.6 cm³/mol. The Morgan fingerprint density at radius 1 is 1.80 bits per heavy atom. The van der Waals surface area contributed by atoms with Gasteiger partial charge in [0.05, 0.1) is 11.3 Å². The molecule has 0 saturated carbocycles. The Bertz CT molecular complexity index is 126. The lowest BCUT2D eigenvalue weighted by atomic mass is 10.3. The summed E-state index contributed by atoms with van der Waals surface area (Å²) in [5.41, 5.74) is 1.77. The summed E-state index contributed by atoms with van der Waals surface area (Å²) in [4.78, 5) is 20.2. The van der Waals surface area contributed by atoms with Crippen molar-refractivity contribution < 1.29 is 4.79 Å². The van der Waals surface area contributed by atoms with Gasteiger partial charge >= 0.3 is 0 Å². The van der Waals surface area contributed by atoms with Gasteiger partial charge in [0.1, 0.15) is 0 Å². The molecule has 58 valence electrons. The lowest BCUT2D eigenvalue weighted by Crippen LogP contribution is -2.41. The average molecular weight is 163 g/mol. The van der Waals surface area contributed by atoms with E-state index < -0.39 is 11.9 Å². The number of likely N-dealkylation sites (N-methyl/N-ethyl adjacent to an activating group) is 1. The Labute approximate surface area is 63.9 Å². The van der Waals surface area contributed by atoms with Crippen LogP contribution in [0.1, 0.15) is 0 Å². The van der Waals surface area contributed by atoms with E-state index in [1.165, 1.54) is 0 Å². The normalized spacial score (nSPS) is 12.2. The summed E-state index contributed by atoms with van der Waals surface area (Å²) in [6, 6.07) is -0.457. The van der Waals surface area contributed by atoms with Gasteiger partial charge in [-0.3, -0.25) is 4.79 Å². The van der Waals surface area contributed by atoms with Crippen molar-refractivity contribution in [1.82, 2.24) is 10.7 Å². The van der Waals surface area contributed by atoms with Crippen LogP contribution in [0.5, 0.6) is 0 Å². The van der Waals surface area contributed by atoms with Crippen molar-refractivity contribution in [2.24, 2.45) is 5.29 Å². The highest BCUT2D eigenvalue weighted by molar-refractivity contribution is 7.80. The highest BCUT2D eigenvalue weighted by Crippen LogP contribution is 1.85. The summed E-state index contributed by atoms with van der Waals surface area (Å²) in [7, 11) is 1.60. The van der Waals surface area contributed by atoms with Gasteiger partial charge in [0.2, 0.25) is 0 Å². The third-order valence-electron chi connectivity index (χ3n) is 1.00. The summed E-state index contributed by atoms with van der Waals surface area (Å²) in [6.07, 6.45) is 0. The van der Waals surface area contributed by atoms with Crippen LogP contribution < -0.4 is 10.7 Å². The van der Waals surface area contributed by atoms with Gasteiger partial charge in [-0.05, 0) is 7.05 Å². The summed E-state index contributed by atoms with van der Waals surface area (Å²) < 4.78 is 0. The van der Waals surface area contributed by atoms with E-state index in [9.17, 15) is 9.70 Å². The van der Waals surface area contributed by atoms with Gasteiger partial charge < -0.3 is 5.32 Å². The van der Waals surface area contributed by atoms with Crippen molar-refractivity contribution in [2.75, 3.05) is 12.8 Å². The van der Waals surface area contributed by atoms with Crippen molar-refractivity contribution in [3.8, 4) is 0 Å². The molecule has 0 heterocycles. The van der Waals surface area contributed by atoms with Crippen molar-refractivity contribution in [2.45, 2.75) is 6.04 Å². The first-order chi connectivity index (χ1) is 4.76. The fourth-order valence-corrected chi connectivity index (χ4v) is 0.777. The van der Waals surface area contributed by atoms with Gasteiger partial charge in [-0.15, -0.1) is 4.91 Å². The second-order valence-electron chi connectivity index (χ2n) is 1.59. The van der Waals surface area contributed by atoms with E-state index in [4.69, 9.17) is 0 Å². The zero-order valence-electron chi connectivity index (χ0n) is 5.50. The van der Waals surface area contributed by atoms with E-state index in [1.54, 1.807) is 12.5 Å². The van der Waals surface area contributed by atoms with E-state index in [0.29, 0.717) is 5.75 Å². The fourth-order valence-electron chi connectivity index (χ4n) is 0.428. The second-order valence-corrected chi connectivity index (χ2v) is 1.96. The van der Waals surface area contributed by atoms with E-state index in [-0.39, 0.29) is 0 Å². The molecule has 0 aliphatic heterocycles. The van der Waals surface area contributed by atoms with E-state index in [2.05, 4.69) is 23.2 Å². The number of thiol groups is 1. The molecular formula is C4H9N3O2S. The van der Waals surface area contributed by atoms with Gasteiger partial charge in [0.25, 0.3) is 5.91 Å². The minimum atomic E-state index is -0.465. The van der Waals surface area contributed by atoms with Crippen LogP contribution in [0, 0.1) is 4.91 Å². The third kappa shape index (κ3) is 2.79. The molecule has 0 fully saturated rings. The number of hydrogen-bond donors (Lipinski definition) is 3. The van der Waals surface area contributed by atoms with Crippen molar-refractivity contribution >= 4 is 18.5 Å². The number of nitrogens with zero attached hydrogens (tertiary/aromatic N) is 1. The number of rotatable bonds is 4. The molecule has 1 unspecified atom stereocenters. The lowest BCUT2D eigenvalue weighted by molar-refractivity contribution is -0.122. The summed E-state index contributed by atoms with van der Waals surface area (Å²) in [5.74, 6) is -0.134. The lowest BCUT2D eigenvalue weighted by Gasteiger charge is -2.08. The molecule has 0 aliphatic carbocycles. The third-order valence-corrected chi connectivity index (χ3v) is 1.37. The van der Waals surface area contributed by atoms with Crippen molar-refractivity contribution in [1.29, 1.82) is 0 Å². The van der Waals surface area contributed by atoms with Crippen molar-refractivity contribution in [3.63, 3.8) is 0 Å². The standard InChI is InChI=1S/C4H9N3O2S/c1-5-3(2-10)4(8)6-7-9/h3,5,10H,2H2,1H3,(H,6,8,9). The number of amides is 1. The molecule has 1 atom stereocenters. The molecule has 0 radical (unpaired) electrons. The van der Waals surface area contributed by atoms with Crippen LogP contribution >= 0.6 is 12.6 Å². The molecule has 0 saturated heterocycles. The largest absolute Gasteiger partial charge is 0.308 e. The second kappa shape index (κ2) is 5.19. The quantitative estimate of drug-likeness (QED) is 0.291. The van der Waals surface area contributed by atoms with Gasteiger partial charge in [-0.1, -0.05) is 0 Å². The average Bonchev–Trinajstić information content (AvgIpc) is 1.91. The van der Waals surface area contributed by atoms with Crippen LogP contribution in [0.3, 0.4) is 0 Å². The molecule has 6 heteroatoms. The van der Waals surface area contributed by atoms with Crippen molar-refractivity contribution in [3.05, 3.63) is 4.91 Å². The summed E-state index contributed by atoms with van der Waals surface area (Å²) in [6.45, 7) is 0. The first-order valence-corrected chi connectivity index (χ1v) is 3.29. The first-order valence-electron chi connectivity index (χ1n) is 2.66. The van der Waals surface area contributed by atoms with Gasteiger partial charge in [0, 0.05) is 5.75 Å². The molecule has 1 amide bonds. The molecule has 0 rings (SSSR count). The smallest absolute Gasteiger partial charge is 0.260 e. The molecule has 0 bridgehead atoms. The number of hydrogen-bond acceptors (Lipinski definition) is 5. The molecule has 0 spiro atoms. The van der Waals surface area contributed by atoms with Crippen LogP contribution in [-0.2, 0) is 4.79 Å². The maximum absolute atomic E-state index is 10.7. The van der Waals surface area contributed by atoms with Gasteiger partial charge in [0.15, 0.2) is 0 Å². The van der Waals surface area contributed by atoms with Crippen LogP contribution in [0.15, 0.2) is 5.29 Å². The monoisotopic (exact) mass is 163 g/mol. The minimum absolute atomic E-state index is 0.331. The maximum Gasteiger partial charge on any atom is 0.260 e. The Balaban J connectivity index is 3.76. The topological polar surface area (TPSA) is 70.6 Å². The van der Waals surface area contributed by atoms with E-state index >= 15 is 0 Å². The zero-order valence-corrected chi connectivity index (χ0v) is 6.39. The van der Waals surface area contributed by atoms with Crippen LogP contribution in [0.2, 0.25) is 0 Å². The number of nitrogens with one attached hydrogen (secondary N) is 2. The van der Waals surface area contributed by atoms with Gasteiger partial charge in [-0.2, -0.15) is 12.6 Å².